The van der Waals surface area contributed by atoms with E-state index in [2.05, 4.69) is 0 Å². The number of carbonyl (C=O) groups is 2. The van der Waals surface area contributed by atoms with Crippen molar-refractivity contribution in [1.29, 1.82) is 0 Å². The quantitative estimate of drug-likeness (QED) is 0.619. The number of carbonyl (C=O) groups excluding carboxylic acids is 2. The second-order valence-corrected chi connectivity index (χ2v) is 7.18. The molecule has 0 unspecified atom stereocenters. The number of benzene rings is 2. The van der Waals surface area contributed by atoms with Crippen LogP contribution >= 0.6 is 0 Å². The van der Waals surface area contributed by atoms with Gasteiger partial charge < -0.3 is 14.6 Å². The molecule has 2 aliphatic carbocycles. The smallest absolute Gasteiger partial charge is 0.225 e. The van der Waals surface area contributed by atoms with Crippen molar-refractivity contribution in [3.8, 4) is 11.5 Å². The van der Waals surface area contributed by atoms with Crippen molar-refractivity contribution >= 4 is 11.6 Å². The van der Waals surface area contributed by atoms with Gasteiger partial charge >= 0.3 is 0 Å². The monoisotopic (exact) mass is 376 g/mol. The summed E-state index contributed by atoms with van der Waals surface area (Å²) in [7, 11) is 0. The van der Waals surface area contributed by atoms with Crippen LogP contribution in [-0.4, -0.2) is 28.9 Å². The fraction of sp³-hybridized carbons (Fsp3) is 0.217. The summed E-state index contributed by atoms with van der Waals surface area (Å²) in [4.78, 5) is 23.1. The highest BCUT2D eigenvalue weighted by atomic mass is 16.5. The molecule has 1 fully saturated rings. The lowest BCUT2D eigenvalue weighted by atomic mass is 9.99. The van der Waals surface area contributed by atoms with Crippen LogP contribution in [0.1, 0.15) is 18.4 Å². The van der Waals surface area contributed by atoms with Crippen LogP contribution in [0.3, 0.4) is 0 Å². The highest BCUT2D eigenvalue weighted by Crippen LogP contribution is 2.40. The maximum Gasteiger partial charge on any atom is 0.225 e. The molecule has 2 aromatic carbocycles. The summed E-state index contributed by atoms with van der Waals surface area (Å²) in [6, 6.07) is 17.1. The van der Waals surface area contributed by atoms with Gasteiger partial charge in [0.2, 0.25) is 11.6 Å². The van der Waals surface area contributed by atoms with Crippen molar-refractivity contribution in [2.24, 2.45) is 0 Å². The summed E-state index contributed by atoms with van der Waals surface area (Å²) in [5.41, 5.74) is 1.37. The standard InChI is InChI=1S/C23H20O5/c24-21-9-17-12-23(26,13-18(17)10-22(21)25)15-28-20-8-4-7-19(11-20)27-14-16-5-2-1-3-6-16/h1-11,26H,12-15H2. The van der Waals surface area contributed by atoms with Crippen molar-refractivity contribution in [2.45, 2.75) is 25.0 Å². The minimum Gasteiger partial charge on any atom is -0.490 e. The minimum atomic E-state index is -1.14. The van der Waals surface area contributed by atoms with Crippen molar-refractivity contribution in [3.63, 3.8) is 0 Å². The zero-order valence-corrected chi connectivity index (χ0v) is 15.3. The lowest BCUT2D eigenvalue weighted by Gasteiger charge is -2.22. The molecule has 142 valence electrons. The first kappa shape index (κ1) is 18.2. The van der Waals surface area contributed by atoms with E-state index in [9.17, 15) is 14.7 Å². The van der Waals surface area contributed by atoms with Crippen molar-refractivity contribution in [3.05, 3.63) is 83.5 Å². The van der Waals surface area contributed by atoms with Gasteiger partial charge in [0, 0.05) is 18.9 Å². The van der Waals surface area contributed by atoms with Crippen LogP contribution in [-0.2, 0) is 16.2 Å². The molecule has 0 aliphatic heterocycles. The number of hydrogen-bond donors (Lipinski definition) is 1. The summed E-state index contributed by atoms with van der Waals surface area (Å²) >= 11 is 0. The Kier molecular flexibility index (Phi) is 4.84. The first-order valence-electron chi connectivity index (χ1n) is 9.13. The van der Waals surface area contributed by atoms with Crippen LogP contribution in [0.5, 0.6) is 11.5 Å². The SMILES string of the molecule is O=C1C=C2CC(O)(COc3cccc(OCc4ccccc4)c3)CC2=CC1=O. The predicted octanol–water partition coefficient (Wildman–Crippen LogP) is 3.17. The number of hydrogen-bond acceptors (Lipinski definition) is 5. The highest BCUT2D eigenvalue weighted by molar-refractivity contribution is 6.46. The molecule has 0 aromatic heterocycles. The molecule has 0 radical (unpaired) electrons. The van der Waals surface area contributed by atoms with Crippen LogP contribution < -0.4 is 9.47 Å². The third-order valence-electron chi connectivity index (χ3n) is 4.87. The van der Waals surface area contributed by atoms with E-state index in [1.165, 1.54) is 12.2 Å². The Labute approximate surface area is 162 Å². The molecule has 1 N–H and O–H groups in total. The first-order valence-corrected chi connectivity index (χ1v) is 9.13. The number of aliphatic hydroxyl groups is 1. The molecule has 0 heterocycles. The Morgan fingerprint density at radius 3 is 2.07 bits per heavy atom. The van der Waals surface area contributed by atoms with Gasteiger partial charge in [-0.25, -0.2) is 0 Å². The fourth-order valence-corrected chi connectivity index (χ4v) is 3.46. The lowest BCUT2D eigenvalue weighted by molar-refractivity contribution is -0.131. The van der Waals surface area contributed by atoms with Crippen LogP contribution in [0, 0.1) is 0 Å². The molecular weight excluding hydrogens is 356 g/mol. The fourth-order valence-electron chi connectivity index (χ4n) is 3.46. The van der Waals surface area contributed by atoms with E-state index in [0.29, 0.717) is 30.9 Å². The number of ketones is 2. The van der Waals surface area contributed by atoms with Gasteiger partial charge in [-0.2, -0.15) is 0 Å². The Balaban J connectivity index is 1.37. The number of fused-ring (bicyclic) bond motifs is 1. The van der Waals surface area contributed by atoms with Gasteiger partial charge in [0.05, 0.1) is 0 Å². The largest absolute Gasteiger partial charge is 0.490 e. The molecule has 28 heavy (non-hydrogen) atoms. The number of allylic oxidation sites excluding steroid dienone is 2. The Morgan fingerprint density at radius 2 is 1.43 bits per heavy atom. The van der Waals surface area contributed by atoms with E-state index in [1.54, 1.807) is 12.1 Å². The van der Waals surface area contributed by atoms with Gasteiger partial charge in [-0.1, -0.05) is 36.4 Å². The van der Waals surface area contributed by atoms with Gasteiger partial charge in [0.15, 0.2) is 0 Å². The van der Waals surface area contributed by atoms with E-state index < -0.39 is 17.2 Å². The maximum absolute atomic E-state index is 11.5. The molecule has 0 spiro atoms. The molecule has 0 bridgehead atoms. The molecular formula is C23H20O5. The summed E-state index contributed by atoms with van der Waals surface area (Å²) in [6.07, 6.45) is 3.24. The molecule has 5 heteroatoms. The normalized spacial score (nSPS) is 17.6. The first-order chi connectivity index (χ1) is 13.5. The summed E-state index contributed by atoms with van der Waals surface area (Å²) in [6.45, 7) is 0.519. The minimum absolute atomic E-state index is 0.0617. The van der Waals surface area contributed by atoms with E-state index in [-0.39, 0.29) is 6.61 Å². The molecule has 0 amide bonds. The van der Waals surface area contributed by atoms with Crippen LogP contribution in [0.2, 0.25) is 0 Å². The summed E-state index contributed by atoms with van der Waals surface area (Å²) in [5, 5.41) is 10.8. The van der Waals surface area contributed by atoms with E-state index in [0.717, 1.165) is 16.7 Å². The maximum atomic E-state index is 11.5. The molecule has 5 nitrogen and oxygen atoms in total. The predicted molar refractivity (Wildman–Crippen MR) is 103 cm³/mol. The van der Waals surface area contributed by atoms with Crippen molar-refractivity contribution < 1.29 is 24.2 Å². The highest BCUT2D eigenvalue weighted by Gasteiger charge is 2.40. The second-order valence-electron chi connectivity index (χ2n) is 7.18. The van der Waals surface area contributed by atoms with E-state index in [1.807, 2.05) is 42.5 Å². The molecule has 0 atom stereocenters. The molecule has 0 saturated heterocycles. The van der Waals surface area contributed by atoms with Gasteiger partial charge in [0.25, 0.3) is 0 Å². The lowest BCUT2D eigenvalue weighted by Crippen LogP contribution is -2.32. The van der Waals surface area contributed by atoms with Crippen molar-refractivity contribution in [2.75, 3.05) is 6.61 Å². The topological polar surface area (TPSA) is 72.8 Å². The molecule has 1 saturated carbocycles. The third kappa shape index (κ3) is 4.05. The second kappa shape index (κ2) is 7.44. The van der Waals surface area contributed by atoms with E-state index >= 15 is 0 Å². The van der Waals surface area contributed by atoms with Crippen molar-refractivity contribution in [1.82, 2.24) is 0 Å². The molecule has 4 rings (SSSR count). The zero-order valence-electron chi connectivity index (χ0n) is 15.3. The number of ether oxygens (including phenoxy) is 2. The van der Waals surface area contributed by atoms with Crippen LogP contribution in [0.25, 0.3) is 0 Å². The zero-order chi connectivity index (χ0) is 19.6. The van der Waals surface area contributed by atoms with Crippen LogP contribution in [0.15, 0.2) is 77.9 Å². The Bertz CT molecular complexity index is 939. The Hall–Kier alpha value is -3.18. The van der Waals surface area contributed by atoms with Gasteiger partial charge in [-0.15, -0.1) is 0 Å². The third-order valence-corrected chi connectivity index (χ3v) is 4.87. The molecule has 2 aromatic rings. The molecule has 2 aliphatic rings. The van der Waals surface area contributed by atoms with Gasteiger partial charge in [-0.3, -0.25) is 9.59 Å². The average Bonchev–Trinajstić information content (AvgIpc) is 3.02. The van der Waals surface area contributed by atoms with E-state index in [4.69, 9.17) is 9.47 Å². The average molecular weight is 376 g/mol. The van der Waals surface area contributed by atoms with Gasteiger partial charge in [0.1, 0.15) is 30.3 Å². The number of rotatable bonds is 6. The van der Waals surface area contributed by atoms with Crippen LogP contribution in [0.4, 0.5) is 0 Å². The summed E-state index contributed by atoms with van der Waals surface area (Å²) in [5.74, 6) is 0.193. The Morgan fingerprint density at radius 1 is 0.821 bits per heavy atom. The van der Waals surface area contributed by atoms with Gasteiger partial charge in [-0.05, 0) is 41.0 Å². The summed E-state index contributed by atoms with van der Waals surface area (Å²) < 4.78 is 11.6.